The van der Waals surface area contributed by atoms with Crippen molar-refractivity contribution >= 4 is 21.8 Å². The van der Waals surface area contributed by atoms with Crippen LogP contribution in [0.4, 0.5) is 0 Å². The molecule has 0 radical (unpaired) electrons. The van der Waals surface area contributed by atoms with E-state index in [4.69, 9.17) is 4.74 Å². The highest BCUT2D eigenvalue weighted by molar-refractivity contribution is 9.10. The van der Waals surface area contributed by atoms with Crippen LogP contribution in [0.1, 0.15) is 86.3 Å². The molecule has 0 saturated heterocycles. The van der Waals surface area contributed by atoms with E-state index in [0.29, 0.717) is 39.3 Å². The summed E-state index contributed by atoms with van der Waals surface area (Å²) in [6.45, 7) is 6.28. The van der Waals surface area contributed by atoms with Crippen molar-refractivity contribution in [1.82, 2.24) is 20.1 Å². The van der Waals surface area contributed by atoms with Gasteiger partial charge in [0.05, 0.1) is 10.2 Å². The second-order valence-electron chi connectivity index (χ2n) is 9.73. The van der Waals surface area contributed by atoms with Crippen molar-refractivity contribution < 1.29 is 14.6 Å². The Morgan fingerprint density at radius 2 is 1.62 bits per heavy atom. The maximum atomic E-state index is 12.7. The number of phenols is 1. The fraction of sp³-hybridized carbons (Fsp3) is 0.448. The molecule has 9 nitrogen and oxygen atoms in total. The summed E-state index contributed by atoms with van der Waals surface area (Å²) in [5.74, 6) is 0.579. The van der Waals surface area contributed by atoms with E-state index in [1.807, 2.05) is 13.8 Å². The van der Waals surface area contributed by atoms with E-state index < -0.39 is 17.2 Å². The van der Waals surface area contributed by atoms with Crippen LogP contribution in [0.3, 0.4) is 0 Å². The molecule has 0 aliphatic rings. The van der Waals surface area contributed by atoms with Gasteiger partial charge in [-0.15, -0.1) is 0 Å². The molecule has 0 saturated carbocycles. The average Bonchev–Trinajstić information content (AvgIpc) is 2.89. The van der Waals surface area contributed by atoms with Gasteiger partial charge in [-0.3, -0.25) is 14.6 Å². The smallest absolute Gasteiger partial charge is 0.349 e. The van der Waals surface area contributed by atoms with Crippen molar-refractivity contribution in [2.45, 2.75) is 78.6 Å². The van der Waals surface area contributed by atoms with E-state index in [-0.39, 0.29) is 11.4 Å². The number of aryl methyl sites for hydroxylation is 2. The number of hydrogen-bond acceptors (Lipinski definition) is 6. The monoisotopic (exact) mass is 600 g/mol. The molecule has 39 heavy (non-hydrogen) atoms. The van der Waals surface area contributed by atoms with Gasteiger partial charge in [0, 0.05) is 6.54 Å². The molecule has 0 atom stereocenters. The van der Waals surface area contributed by atoms with Gasteiger partial charge in [0.25, 0.3) is 11.5 Å². The number of nitrogens with zero attached hydrogens (tertiary/aromatic N) is 2. The van der Waals surface area contributed by atoms with Gasteiger partial charge in [0.2, 0.25) is 5.69 Å². The summed E-state index contributed by atoms with van der Waals surface area (Å²) < 4.78 is 7.52. The Kier molecular flexibility index (Phi) is 11.3. The molecular weight excluding hydrogens is 564 g/mol. The summed E-state index contributed by atoms with van der Waals surface area (Å²) >= 11 is 3.27. The molecule has 2 aromatic carbocycles. The predicted octanol–water partition coefficient (Wildman–Crippen LogP) is 6.06. The molecule has 10 heteroatoms. The van der Waals surface area contributed by atoms with Crippen LogP contribution < -0.4 is 21.3 Å². The number of carbonyl (C=O) groups excluding carboxylic acids is 1. The lowest BCUT2D eigenvalue weighted by Crippen LogP contribution is -2.39. The van der Waals surface area contributed by atoms with Crippen molar-refractivity contribution in [3.63, 3.8) is 0 Å². The number of ether oxygens (including phenoxy) is 1. The number of hydrogen-bond donors (Lipinski definition) is 3. The maximum Gasteiger partial charge on any atom is 0.349 e. The molecule has 0 spiro atoms. The van der Waals surface area contributed by atoms with Crippen LogP contribution in [0.5, 0.6) is 17.2 Å². The van der Waals surface area contributed by atoms with Crippen LogP contribution in [0.15, 0.2) is 44.4 Å². The zero-order valence-corrected chi connectivity index (χ0v) is 24.4. The molecule has 1 heterocycles. The molecule has 210 valence electrons. The van der Waals surface area contributed by atoms with Crippen LogP contribution in [0.2, 0.25) is 0 Å². The number of aromatic amines is 1. The molecule has 1 amide bonds. The highest BCUT2D eigenvalue weighted by Gasteiger charge is 2.17. The minimum absolute atomic E-state index is 0.0997. The van der Waals surface area contributed by atoms with Crippen molar-refractivity contribution in [2.24, 2.45) is 0 Å². The zero-order valence-electron chi connectivity index (χ0n) is 22.8. The quantitative estimate of drug-likeness (QED) is 0.193. The number of benzene rings is 2. The van der Waals surface area contributed by atoms with Crippen LogP contribution >= 0.6 is 15.9 Å². The second kappa shape index (κ2) is 14.7. The number of halogens is 1. The fourth-order valence-corrected chi connectivity index (χ4v) is 4.68. The molecule has 3 aromatic rings. The highest BCUT2D eigenvalue weighted by Crippen LogP contribution is 2.34. The standard InChI is InChI=1S/C29H37BrN4O5/c1-4-5-6-7-8-9-10-11-12-15-31-27(36)25-28(37)32-29(38)34(33-25)21-16-19(2)26(20(3)17-21)39-22-13-14-24(35)23(30)18-22/h13-14,16-18,35H,4-12,15H2,1-3H3,(H,31,36)(H,32,37,38). The average molecular weight is 602 g/mol. The van der Waals surface area contributed by atoms with Gasteiger partial charge >= 0.3 is 5.69 Å². The third-order valence-electron chi connectivity index (χ3n) is 6.44. The number of phenolic OH excluding ortho intramolecular Hbond substituents is 1. The Balaban J connectivity index is 1.65. The molecule has 1 aromatic heterocycles. The lowest BCUT2D eigenvalue weighted by molar-refractivity contribution is 0.0944. The number of H-pyrrole nitrogens is 1. The summed E-state index contributed by atoms with van der Waals surface area (Å²) in [7, 11) is 0. The van der Waals surface area contributed by atoms with Gasteiger partial charge in [-0.1, -0.05) is 58.3 Å². The van der Waals surface area contributed by atoms with Crippen molar-refractivity contribution in [3.8, 4) is 22.9 Å². The number of unbranched alkanes of at least 4 members (excludes halogenated alkanes) is 8. The minimum atomic E-state index is -0.827. The van der Waals surface area contributed by atoms with Gasteiger partial charge in [-0.05, 0) is 77.7 Å². The summed E-state index contributed by atoms with van der Waals surface area (Å²) in [6, 6.07) is 8.18. The van der Waals surface area contributed by atoms with E-state index in [1.165, 1.54) is 44.6 Å². The van der Waals surface area contributed by atoms with Crippen LogP contribution in [0.25, 0.3) is 5.69 Å². The zero-order chi connectivity index (χ0) is 28.4. The lowest BCUT2D eigenvalue weighted by atomic mass is 10.1. The third-order valence-corrected chi connectivity index (χ3v) is 7.07. The maximum absolute atomic E-state index is 12.7. The summed E-state index contributed by atoms with van der Waals surface area (Å²) in [6.07, 6.45) is 10.5. The van der Waals surface area contributed by atoms with Gasteiger partial charge in [0.15, 0.2) is 0 Å². The van der Waals surface area contributed by atoms with E-state index in [0.717, 1.165) is 23.9 Å². The highest BCUT2D eigenvalue weighted by atomic mass is 79.9. The first-order chi connectivity index (χ1) is 18.7. The number of amides is 1. The van der Waals surface area contributed by atoms with E-state index in [1.54, 1.807) is 24.3 Å². The second-order valence-corrected chi connectivity index (χ2v) is 10.6. The molecule has 0 unspecified atom stereocenters. The van der Waals surface area contributed by atoms with Gasteiger partial charge < -0.3 is 15.2 Å². The van der Waals surface area contributed by atoms with E-state index in [2.05, 4.69) is 38.3 Å². The van der Waals surface area contributed by atoms with Crippen LogP contribution in [-0.4, -0.2) is 32.3 Å². The minimum Gasteiger partial charge on any atom is -0.507 e. The topological polar surface area (TPSA) is 126 Å². The molecule has 3 N–H and O–H groups in total. The molecule has 0 bridgehead atoms. The van der Waals surface area contributed by atoms with E-state index in [9.17, 15) is 19.5 Å². The first-order valence-corrected chi connectivity index (χ1v) is 14.3. The SMILES string of the molecule is CCCCCCCCCCCNC(=O)c1nn(-c2cc(C)c(Oc3ccc(O)c(Br)c3)c(C)c2)c(=O)[nH]c1=O. The Morgan fingerprint density at radius 3 is 2.23 bits per heavy atom. The Morgan fingerprint density at radius 1 is 1.00 bits per heavy atom. The van der Waals surface area contributed by atoms with Crippen molar-refractivity contribution in [1.29, 1.82) is 0 Å². The number of nitrogens with one attached hydrogen (secondary N) is 2. The molecule has 0 fully saturated rings. The lowest BCUT2D eigenvalue weighted by Gasteiger charge is -2.15. The molecular formula is C29H37BrN4O5. The summed E-state index contributed by atoms with van der Waals surface area (Å²) in [5, 5.41) is 16.6. The summed E-state index contributed by atoms with van der Waals surface area (Å²) in [5.41, 5.74) is -0.123. The number of aromatic hydroxyl groups is 1. The normalized spacial score (nSPS) is 11.0. The Bertz CT molecular complexity index is 1380. The van der Waals surface area contributed by atoms with Gasteiger partial charge in [-0.2, -0.15) is 9.78 Å². The Hall–Kier alpha value is -3.40. The predicted molar refractivity (Wildman–Crippen MR) is 155 cm³/mol. The largest absolute Gasteiger partial charge is 0.507 e. The number of rotatable bonds is 14. The van der Waals surface area contributed by atoms with Crippen LogP contribution in [0, 0.1) is 13.8 Å². The van der Waals surface area contributed by atoms with Crippen LogP contribution in [-0.2, 0) is 0 Å². The van der Waals surface area contributed by atoms with Gasteiger partial charge in [-0.25, -0.2) is 4.79 Å². The first kappa shape index (κ1) is 30.1. The van der Waals surface area contributed by atoms with Crippen molar-refractivity contribution in [3.05, 3.63) is 72.5 Å². The summed E-state index contributed by atoms with van der Waals surface area (Å²) in [4.78, 5) is 39.8. The third kappa shape index (κ3) is 8.54. The van der Waals surface area contributed by atoms with Crippen molar-refractivity contribution in [2.75, 3.05) is 6.54 Å². The molecule has 3 rings (SSSR count). The van der Waals surface area contributed by atoms with Gasteiger partial charge in [0.1, 0.15) is 17.2 Å². The molecule has 0 aliphatic heterocycles. The number of carbonyl (C=O) groups is 1. The van der Waals surface area contributed by atoms with E-state index >= 15 is 0 Å². The number of aromatic nitrogens is 3. The fourth-order valence-electron chi connectivity index (χ4n) is 4.32. The first-order valence-electron chi connectivity index (χ1n) is 13.5. The Labute approximate surface area is 236 Å². The molecule has 0 aliphatic carbocycles.